The molecular formula is C29H34N4O3. The van der Waals surface area contributed by atoms with Gasteiger partial charge in [-0.3, -0.25) is 14.4 Å². The zero-order valence-corrected chi connectivity index (χ0v) is 21.1. The van der Waals surface area contributed by atoms with E-state index in [-0.39, 0.29) is 24.3 Å². The van der Waals surface area contributed by atoms with Crippen LogP contribution in [-0.2, 0) is 4.79 Å². The standard InChI is InChI=1S/C29H34N4O3/c1-4-16-33(17-5-2)29(36)23-10-7-11-26(19-23)31-27(34)20-30-24-12-14-25(15-13-24)32-28(35)22-9-6-8-21(3)18-22/h6-15,18-19,30H,4-5,16-17,20H2,1-3H3,(H,31,34)(H,32,35). The van der Waals surface area contributed by atoms with Gasteiger partial charge in [-0.25, -0.2) is 0 Å². The second kappa shape index (κ2) is 13.1. The van der Waals surface area contributed by atoms with Crippen molar-refractivity contribution in [2.75, 3.05) is 35.6 Å². The Morgan fingerprint density at radius 1 is 0.722 bits per heavy atom. The molecule has 3 aromatic rings. The van der Waals surface area contributed by atoms with E-state index in [0.29, 0.717) is 35.6 Å². The summed E-state index contributed by atoms with van der Waals surface area (Å²) in [5, 5.41) is 8.79. The lowest BCUT2D eigenvalue weighted by molar-refractivity contribution is -0.114. The molecule has 0 heterocycles. The summed E-state index contributed by atoms with van der Waals surface area (Å²) in [6.45, 7) is 7.52. The molecule has 188 valence electrons. The van der Waals surface area contributed by atoms with Crippen molar-refractivity contribution < 1.29 is 14.4 Å². The number of hydrogen-bond donors (Lipinski definition) is 3. The first-order chi connectivity index (χ1) is 17.4. The number of carbonyl (C=O) groups excluding carboxylic acids is 3. The molecule has 0 unspecified atom stereocenters. The number of aryl methyl sites for hydroxylation is 1. The van der Waals surface area contributed by atoms with Crippen LogP contribution in [0.4, 0.5) is 17.1 Å². The van der Waals surface area contributed by atoms with E-state index in [2.05, 4.69) is 29.8 Å². The lowest BCUT2D eigenvalue weighted by Gasteiger charge is -2.21. The Kier molecular flexibility index (Phi) is 9.63. The van der Waals surface area contributed by atoms with Gasteiger partial charge in [-0.15, -0.1) is 0 Å². The molecule has 0 atom stereocenters. The molecule has 0 spiro atoms. The van der Waals surface area contributed by atoms with Crippen LogP contribution in [-0.4, -0.2) is 42.3 Å². The Labute approximate surface area is 212 Å². The van der Waals surface area contributed by atoms with Crippen molar-refractivity contribution in [3.05, 3.63) is 89.5 Å². The van der Waals surface area contributed by atoms with E-state index in [1.807, 2.05) is 30.0 Å². The first kappa shape index (κ1) is 26.5. The number of nitrogens with zero attached hydrogens (tertiary/aromatic N) is 1. The van der Waals surface area contributed by atoms with Gasteiger partial charge in [-0.2, -0.15) is 0 Å². The molecule has 7 nitrogen and oxygen atoms in total. The highest BCUT2D eigenvalue weighted by Crippen LogP contribution is 2.16. The predicted molar refractivity (Wildman–Crippen MR) is 146 cm³/mol. The van der Waals surface area contributed by atoms with E-state index in [0.717, 1.165) is 24.1 Å². The second-order valence-corrected chi connectivity index (χ2v) is 8.68. The van der Waals surface area contributed by atoms with E-state index < -0.39 is 0 Å². The smallest absolute Gasteiger partial charge is 0.255 e. The average Bonchev–Trinajstić information content (AvgIpc) is 2.88. The van der Waals surface area contributed by atoms with Crippen LogP contribution in [0.2, 0.25) is 0 Å². The summed E-state index contributed by atoms with van der Waals surface area (Å²) >= 11 is 0. The molecular weight excluding hydrogens is 452 g/mol. The number of benzene rings is 3. The van der Waals surface area contributed by atoms with Gasteiger partial charge < -0.3 is 20.9 Å². The number of carbonyl (C=O) groups is 3. The third-order valence-corrected chi connectivity index (χ3v) is 5.54. The van der Waals surface area contributed by atoms with Gasteiger partial charge >= 0.3 is 0 Å². The van der Waals surface area contributed by atoms with Crippen molar-refractivity contribution in [2.45, 2.75) is 33.6 Å². The first-order valence-electron chi connectivity index (χ1n) is 12.3. The molecule has 3 amide bonds. The molecule has 3 N–H and O–H groups in total. The number of hydrogen-bond acceptors (Lipinski definition) is 4. The zero-order chi connectivity index (χ0) is 25.9. The fourth-order valence-corrected chi connectivity index (χ4v) is 3.82. The summed E-state index contributed by atoms with van der Waals surface area (Å²) in [4.78, 5) is 39.6. The highest BCUT2D eigenvalue weighted by atomic mass is 16.2. The number of nitrogens with one attached hydrogen (secondary N) is 3. The van der Waals surface area contributed by atoms with Crippen LogP contribution in [0.3, 0.4) is 0 Å². The first-order valence-corrected chi connectivity index (χ1v) is 12.3. The lowest BCUT2D eigenvalue weighted by Crippen LogP contribution is -2.32. The minimum absolute atomic E-state index is 0.0255. The minimum Gasteiger partial charge on any atom is -0.376 e. The summed E-state index contributed by atoms with van der Waals surface area (Å²) in [5.74, 6) is -0.426. The molecule has 3 aromatic carbocycles. The van der Waals surface area contributed by atoms with Gasteiger partial charge in [0.1, 0.15) is 0 Å². The van der Waals surface area contributed by atoms with E-state index in [4.69, 9.17) is 0 Å². The predicted octanol–water partition coefficient (Wildman–Crippen LogP) is 5.56. The molecule has 0 aliphatic carbocycles. The third-order valence-electron chi connectivity index (χ3n) is 5.54. The highest BCUT2D eigenvalue weighted by molar-refractivity contribution is 6.04. The Balaban J connectivity index is 1.52. The van der Waals surface area contributed by atoms with Gasteiger partial charge in [0.15, 0.2) is 0 Å². The van der Waals surface area contributed by atoms with Crippen LogP contribution in [0.25, 0.3) is 0 Å². The molecule has 3 rings (SSSR count). The molecule has 7 heteroatoms. The van der Waals surface area contributed by atoms with Crippen molar-refractivity contribution >= 4 is 34.8 Å². The van der Waals surface area contributed by atoms with Crippen molar-refractivity contribution in [3.8, 4) is 0 Å². The van der Waals surface area contributed by atoms with Gasteiger partial charge in [0.05, 0.1) is 6.54 Å². The van der Waals surface area contributed by atoms with E-state index in [9.17, 15) is 14.4 Å². The number of anilines is 3. The quantitative estimate of drug-likeness (QED) is 0.331. The van der Waals surface area contributed by atoms with Crippen LogP contribution < -0.4 is 16.0 Å². The number of rotatable bonds is 11. The van der Waals surface area contributed by atoms with Crippen LogP contribution in [0.1, 0.15) is 53.0 Å². The monoisotopic (exact) mass is 486 g/mol. The molecule has 0 aromatic heterocycles. The summed E-state index contributed by atoms with van der Waals surface area (Å²) in [6.07, 6.45) is 1.79. The van der Waals surface area contributed by atoms with Crippen LogP contribution >= 0.6 is 0 Å². The summed E-state index contributed by atoms with van der Waals surface area (Å²) < 4.78 is 0. The molecule has 36 heavy (non-hydrogen) atoms. The maximum atomic E-state index is 12.8. The van der Waals surface area contributed by atoms with Crippen molar-refractivity contribution in [3.63, 3.8) is 0 Å². The highest BCUT2D eigenvalue weighted by Gasteiger charge is 2.15. The van der Waals surface area contributed by atoms with Crippen LogP contribution in [0.15, 0.2) is 72.8 Å². The molecule has 0 bridgehead atoms. The normalized spacial score (nSPS) is 10.4. The summed E-state index contributed by atoms with van der Waals surface area (Å²) in [6, 6.07) is 21.6. The van der Waals surface area contributed by atoms with Gasteiger partial charge in [0, 0.05) is 41.3 Å². The fraction of sp³-hybridized carbons (Fsp3) is 0.276. The van der Waals surface area contributed by atoms with Gasteiger partial charge in [-0.05, 0) is 74.4 Å². The number of amides is 3. The Morgan fingerprint density at radius 2 is 1.36 bits per heavy atom. The lowest BCUT2D eigenvalue weighted by atomic mass is 10.1. The van der Waals surface area contributed by atoms with Crippen LogP contribution in [0.5, 0.6) is 0 Å². The zero-order valence-electron chi connectivity index (χ0n) is 21.1. The maximum absolute atomic E-state index is 12.8. The molecule has 0 fully saturated rings. The summed E-state index contributed by atoms with van der Waals surface area (Å²) in [7, 11) is 0. The maximum Gasteiger partial charge on any atom is 0.255 e. The molecule has 0 aliphatic rings. The molecule has 0 saturated carbocycles. The van der Waals surface area contributed by atoms with Gasteiger partial charge in [0.2, 0.25) is 5.91 Å². The minimum atomic E-state index is -0.226. The fourth-order valence-electron chi connectivity index (χ4n) is 3.82. The second-order valence-electron chi connectivity index (χ2n) is 8.68. The van der Waals surface area contributed by atoms with Gasteiger partial charge in [-0.1, -0.05) is 37.6 Å². The summed E-state index contributed by atoms with van der Waals surface area (Å²) in [5.41, 5.74) is 4.17. The largest absolute Gasteiger partial charge is 0.376 e. The van der Waals surface area contributed by atoms with Crippen molar-refractivity contribution in [1.82, 2.24) is 4.90 Å². The molecule has 0 saturated heterocycles. The topological polar surface area (TPSA) is 90.5 Å². The van der Waals surface area contributed by atoms with E-state index in [1.165, 1.54) is 0 Å². The Morgan fingerprint density at radius 3 is 2.03 bits per heavy atom. The van der Waals surface area contributed by atoms with Crippen molar-refractivity contribution in [1.29, 1.82) is 0 Å². The van der Waals surface area contributed by atoms with E-state index >= 15 is 0 Å². The third kappa shape index (κ3) is 7.70. The van der Waals surface area contributed by atoms with Crippen molar-refractivity contribution in [2.24, 2.45) is 0 Å². The van der Waals surface area contributed by atoms with E-state index in [1.54, 1.807) is 54.6 Å². The average molecular weight is 487 g/mol. The Hall–Kier alpha value is -4.13. The Bertz CT molecular complexity index is 1190. The molecule has 0 aliphatic heterocycles. The van der Waals surface area contributed by atoms with Gasteiger partial charge in [0.25, 0.3) is 11.8 Å². The van der Waals surface area contributed by atoms with Crippen LogP contribution in [0, 0.1) is 6.92 Å². The SMILES string of the molecule is CCCN(CCC)C(=O)c1cccc(NC(=O)CNc2ccc(NC(=O)c3cccc(C)c3)cc2)c1. The molecule has 0 radical (unpaired) electrons.